The Morgan fingerprint density at radius 3 is 2.91 bits per heavy atom. The largest absolute Gasteiger partial charge is 0.457 e. The van der Waals surface area contributed by atoms with Crippen LogP contribution in [-0.4, -0.2) is 40.6 Å². The minimum absolute atomic E-state index is 0.0727. The molecule has 1 saturated heterocycles. The number of nitrogens with zero attached hydrogens (tertiary/aromatic N) is 1. The van der Waals surface area contributed by atoms with E-state index in [0.717, 1.165) is 24.8 Å². The summed E-state index contributed by atoms with van der Waals surface area (Å²) in [5.41, 5.74) is 1.49. The summed E-state index contributed by atoms with van der Waals surface area (Å²) in [7, 11) is 0. The first-order valence-corrected chi connectivity index (χ1v) is 8.02. The first-order chi connectivity index (χ1) is 10.5. The molecular weight excluding hydrogens is 282 g/mol. The molecule has 1 N–H and O–H groups in total. The fourth-order valence-corrected chi connectivity index (χ4v) is 4.36. The highest BCUT2D eigenvalue weighted by Crippen LogP contribution is 2.53. The maximum atomic E-state index is 12.4. The van der Waals surface area contributed by atoms with Crippen LogP contribution in [0.3, 0.4) is 0 Å². The predicted octanol–water partition coefficient (Wildman–Crippen LogP) is 1.63. The van der Waals surface area contributed by atoms with Gasteiger partial charge in [-0.1, -0.05) is 26.0 Å². The van der Waals surface area contributed by atoms with Gasteiger partial charge in [0.1, 0.15) is 12.3 Å². The van der Waals surface area contributed by atoms with Gasteiger partial charge in [0.15, 0.2) is 0 Å². The lowest BCUT2D eigenvalue weighted by Gasteiger charge is -2.47. The molecule has 3 aliphatic rings. The van der Waals surface area contributed by atoms with E-state index >= 15 is 0 Å². The molecule has 3 rings (SSSR count). The summed E-state index contributed by atoms with van der Waals surface area (Å²) in [5, 5.41) is 9.92. The molecule has 120 valence electrons. The first-order valence-electron chi connectivity index (χ1n) is 8.02. The van der Waals surface area contributed by atoms with Crippen LogP contribution in [0.4, 0.5) is 0 Å². The van der Waals surface area contributed by atoms with E-state index in [0.29, 0.717) is 5.70 Å². The number of rotatable bonds is 4. The second kappa shape index (κ2) is 5.54. The van der Waals surface area contributed by atoms with E-state index in [1.54, 1.807) is 11.8 Å². The fourth-order valence-electron chi connectivity index (χ4n) is 4.36. The Morgan fingerprint density at radius 2 is 2.27 bits per heavy atom. The molecule has 1 amide bonds. The van der Waals surface area contributed by atoms with E-state index in [1.165, 1.54) is 6.08 Å². The zero-order valence-electron chi connectivity index (χ0n) is 13.1. The summed E-state index contributed by atoms with van der Waals surface area (Å²) in [5.74, 6) is -0.520. The molecular formula is C17H23NO4. The number of esters is 1. The molecule has 2 heterocycles. The zero-order chi connectivity index (χ0) is 16.0. The highest BCUT2D eigenvalue weighted by molar-refractivity contribution is 6.01. The highest BCUT2D eigenvalue weighted by Gasteiger charge is 2.61. The number of hydrogen-bond donors (Lipinski definition) is 1. The maximum Gasteiger partial charge on any atom is 0.355 e. The summed E-state index contributed by atoms with van der Waals surface area (Å²) in [6.07, 6.45) is 3.92. The minimum Gasteiger partial charge on any atom is -0.457 e. The molecule has 2 aliphatic heterocycles. The molecule has 0 aromatic rings. The molecule has 1 unspecified atom stereocenters. The lowest BCUT2D eigenvalue weighted by molar-refractivity contribution is -0.164. The van der Waals surface area contributed by atoms with Gasteiger partial charge in [0, 0.05) is 5.92 Å². The molecule has 5 nitrogen and oxygen atoms in total. The van der Waals surface area contributed by atoms with E-state index in [-0.39, 0.29) is 30.4 Å². The predicted molar refractivity (Wildman–Crippen MR) is 80.5 cm³/mol. The first kappa shape index (κ1) is 15.3. The van der Waals surface area contributed by atoms with Gasteiger partial charge in [-0.05, 0) is 31.3 Å². The third-order valence-corrected chi connectivity index (χ3v) is 5.24. The van der Waals surface area contributed by atoms with Crippen LogP contribution in [0, 0.1) is 17.8 Å². The molecule has 5 atom stereocenters. The Kier molecular flexibility index (Phi) is 3.85. The number of aliphatic hydroxyl groups excluding tert-OH is 1. The normalized spacial score (nSPS) is 34.7. The topological polar surface area (TPSA) is 66.8 Å². The van der Waals surface area contributed by atoms with Crippen molar-refractivity contribution < 1.29 is 19.4 Å². The fraction of sp³-hybridized carbons (Fsp3) is 0.647. The van der Waals surface area contributed by atoms with E-state index in [9.17, 15) is 14.7 Å². The number of aliphatic hydroxyl groups is 1. The zero-order valence-corrected chi connectivity index (χ0v) is 13.1. The number of carbonyl (C=O) groups is 2. The van der Waals surface area contributed by atoms with Crippen LogP contribution in [0.5, 0.6) is 0 Å². The average molecular weight is 305 g/mol. The minimum atomic E-state index is -0.684. The molecule has 5 heteroatoms. The van der Waals surface area contributed by atoms with Crippen molar-refractivity contribution >= 4 is 11.9 Å². The number of hydrogen-bond acceptors (Lipinski definition) is 4. The summed E-state index contributed by atoms with van der Waals surface area (Å²) in [4.78, 5) is 26.4. The smallest absolute Gasteiger partial charge is 0.355 e. The van der Waals surface area contributed by atoms with Gasteiger partial charge in [0.05, 0.1) is 18.1 Å². The van der Waals surface area contributed by atoms with E-state index in [2.05, 4.69) is 13.5 Å². The summed E-state index contributed by atoms with van der Waals surface area (Å²) < 4.78 is 5.20. The van der Waals surface area contributed by atoms with Crippen molar-refractivity contribution in [3.8, 4) is 0 Å². The number of carbonyl (C=O) groups excluding carboxylic acids is 2. The molecule has 1 saturated carbocycles. The molecule has 2 fully saturated rings. The molecule has 0 aromatic carbocycles. The van der Waals surface area contributed by atoms with Gasteiger partial charge in [0.25, 0.3) is 0 Å². The maximum absolute atomic E-state index is 12.4. The van der Waals surface area contributed by atoms with E-state index in [4.69, 9.17) is 4.74 Å². The van der Waals surface area contributed by atoms with Crippen molar-refractivity contribution in [2.75, 3.05) is 6.61 Å². The van der Waals surface area contributed by atoms with Gasteiger partial charge in [-0.2, -0.15) is 0 Å². The highest BCUT2D eigenvalue weighted by atomic mass is 16.5. The van der Waals surface area contributed by atoms with Crippen LogP contribution < -0.4 is 0 Å². The second-order valence-electron chi connectivity index (χ2n) is 6.59. The number of β-lactam (4-membered cyclic amide) rings is 1. The quantitative estimate of drug-likeness (QED) is 0.487. The Bertz CT molecular complexity index is 551. The van der Waals surface area contributed by atoms with Crippen LogP contribution in [0.25, 0.3) is 0 Å². The molecule has 0 bridgehead atoms. The third-order valence-electron chi connectivity index (χ3n) is 5.24. The van der Waals surface area contributed by atoms with Crippen LogP contribution in [0.2, 0.25) is 0 Å². The summed E-state index contributed by atoms with van der Waals surface area (Å²) in [6.45, 7) is 7.45. The van der Waals surface area contributed by atoms with Gasteiger partial charge >= 0.3 is 5.97 Å². The molecule has 22 heavy (non-hydrogen) atoms. The summed E-state index contributed by atoms with van der Waals surface area (Å²) in [6, 6.07) is -0.0727. The number of ether oxygens (including phenoxy) is 1. The molecule has 0 radical (unpaired) electrons. The van der Waals surface area contributed by atoms with E-state index < -0.39 is 18.0 Å². The Hall–Kier alpha value is -1.62. The van der Waals surface area contributed by atoms with Crippen LogP contribution in [0.15, 0.2) is 23.9 Å². The lowest BCUT2D eigenvalue weighted by Crippen LogP contribution is -2.64. The van der Waals surface area contributed by atoms with Crippen LogP contribution in [-0.2, 0) is 14.3 Å². The molecule has 0 spiro atoms. The summed E-state index contributed by atoms with van der Waals surface area (Å²) >= 11 is 0. The standard InChI is InChI=1S/C17H23NO4/c1-4-8-22-17(21)15-12-9(2)6-5-7-11(12)14-13(10(3)19)16(20)18(14)15/h4,9-11,13-14,19H,1,5-8H2,2-3H3/t9-,10?,11+,13+,14+/m0/s1. The van der Waals surface area contributed by atoms with Gasteiger partial charge in [0.2, 0.25) is 5.91 Å². The Balaban J connectivity index is 1.97. The van der Waals surface area contributed by atoms with Crippen molar-refractivity contribution in [2.45, 2.75) is 45.3 Å². The number of fused-ring (bicyclic) bond motifs is 3. The Labute approximate surface area is 130 Å². The van der Waals surface area contributed by atoms with Crippen molar-refractivity contribution in [1.29, 1.82) is 0 Å². The monoisotopic (exact) mass is 305 g/mol. The van der Waals surface area contributed by atoms with E-state index in [1.807, 2.05) is 0 Å². The van der Waals surface area contributed by atoms with Crippen molar-refractivity contribution in [2.24, 2.45) is 17.8 Å². The SMILES string of the molecule is C=CCOC(=O)C1=C2[C@@H](CCC[C@@H]2C)[C@@H]2[C@@H](C(C)O)C(=O)N12. The number of amides is 1. The average Bonchev–Trinajstić information content (AvgIpc) is 2.76. The van der Waals surface area contributed by atoms with Crippen molar-refractivity contribution in [3.63, 3.8) is 0 Å². The van der Waals surface area contributed by atoms with Crippen molar-refractivity contribution in [3.05, 3.63) is 23.9 Å². The van der Waals surface area contributed by atoms with Crippen LogP contribution in [0.1, 0.15) is 33.1 Å². The van der Waals surface area contributed by atoms with Gasteiger partial charge in [-0.25, -0.2) is 4.79 Å². The van der Waals surface area contributed by atoms with Crippen molar-refractivity contribution in [1.82, 2.24) is 4.90 Å². The lowest BCUT2D eigenvalue weighted by atomic mass is 9.70. The molecule has 0 aromatic heterocycles. The second-order valence-corrected chi connectivity index (χ2v) is 6.59. The van der Waals surface area contributed by atoms with Gasteiger partial charge in [-0.3, -0.25) is 4.79 Å². The third kappa shape index (κ3) is 2.02. The molecule has 1 aliphatic carbocycles. The van der Waals surface area contributed by atoms with Gasteiger partial charge < -0.3 is 14.7 Å². The van der Waals surface area contributed by atoms with Gasteiger partial charge in [-0.15, -0.1) is 0 Å². The van der Waals surface area contributed by atoms with Crippen LogP contribution >= 0.6 is 0 Å². The Morgan fingerprint density at radius 1 is 1.55 bits per heavy atom.